The fourth-order valence-corrected chi connectivity index (χ4v) is 2.62. The molecule has 25 heavy (non-hydrogen) atoms. The van der Waals surface area contributed by atoms with E-state index in [1.807, 2.05) is 30.3 Å². The van der Waals surface area contributed by atoms with Gasteiger partial charge in [0.2, 0.25) is 5.91 Å². The number of anilines is 1. The monoisotopic (exact) mass is 338 g/mol. The molecule has 2 aromatic carbocycles. The molecule has 0 aromatic heterocycles. The van der Waals surface area contributed by atoms with Crippen molar-refractivity contribution in [2.45, 2.75) is 18.9 Å². The lowest BCUT2D eigenvalue weighted by Gasteiger charge is -2.16. The molecule has 1 aliphatic carbocycles. The standard InChI is InChI=1S/C20H22N2O3/c1-25-18(14-6-3-2-4-7-14)13-21-19(23)16-8-5-9-17(12-16)22-20(24)15-10-11-15/h2-9,12,15,18H,10-11,13H2,1H3,(H,21,23)(H,22,24)/t18-/m0/s1. The van der Waals surface area contributed by atoms with Crippen LogP contribution in [0.1, 0.15) is 34.9 Å². The molecule has 130 valence electrons. The molecule has 2 N–H and O–H groups in total. The van der Waals surface area contributed by atoms with Gasteiger partial charge in [0, 0.05) is 30.8 Å². The molecule has 1 fully saturated rings. The minimum absolute atomic E-state index is 0.0288. The van der Waals surface area contributed by atoms with Crippen molar-refractivity contribution in [3.63, 3.8) is 0 Å². The smallest absolute Gasteiger partial charge is 0.251 e. The highest BCUT2D eigenvalue weighted by Gasteiger charge is 2.29. The van der Waals surface area contributed by atoms with Crippen molar-refractivity contribution in [3.05, 3.63) is 65.7 Å². The SMILES string of the molecule is CO[C@@H](CNC(=O)c1cccc(NC(=O)C2CC2)c1)c1ccccc1. The van der Waals surface area contributed by atoms with Crippen LogP contribution in [0.15, 0.2) is 54.6 Å². The maximum atomic E-state index is 12.4. The number of ether oxygens (including phenoxy) is 1. The molecule has 3 rings (SSSR count). The number of benzene rings is 2. The second-order valence-electron chi connectivity index (χ2n) is 6.19. The molecule has 1 saturated carbocycles. The number of carbonyl (C=O) groups is 2. The topological polar surface area (TPSA) is 67.4 Å². The van der Waals surface area contributed by atoms with Crippen molar-refractivity contribution in [2.75, 3.05) is 19.0 Å². The Morgan fingerprint density at radius 3 is 2.56 bits per heavy atom. The molecule has 2 aromatic rings. The van der Waals surface area contributed by atoms with E-state index in [1.54, 1.807) is 31.4 Å². The highest BCUT2D eigenvalue weighted by atomic mass is 16.5. The Labute approximate surface area is 147 Å². The van der Waals surface area contributed by atoms with Crippen molar-refractivity contribution < 1.29 is 14.3 Å². The molecular formula is C20H22N2O3. The summed E-state index contributed by atoms with van der Waals surface area (Å²) in [4.78, 5) is 24.2. The summed E-state index contributed by atoms with van der Waals surface area (Å²) in [5, 5.41) is 5.74. The minimum Gasteiger partial charge on any atom is -0.375 e. The van der Waals surface area contributed by atoms with E-state index < -0.39 is 0 Å². The number of nitrogens with one attached hydrogen (secondary N) is 2. The summed E-state index contributed by atoms with van der Waals surface area (Å²) in [6, 6.07) is 16.7. The summed E-state index contributed by atoms with van der Waals surface area (Å²) >= 11 is 0. The first-order valence-corrected chi connectivity index (χ1v) is 8.44. The number of amides is 2. The normalized spacial score (nSPS) is 14.6. The molecule has 5 nitrogen and oxygen atoms in total. The van der Waals surface area contributed by atoms with Gasteiger partial charge in [-0.25, -0.2) is 0 Å². The van der Waals surface area contributed by atoms with Gasteiger partial charge in [0.25, 0.3) is 5.91 Å². The zero-order chi connectivity index (χ0) is 17.6. The molecule has 0 aliphatic heterocycles. The van der Waals surface area contributed by atoms with Gasteiger partial charge in [0.05, 0.1) is 6.10 Å². The second-order valence-corrected chi connectivity index (χ2v) is 6.19. The van der Waals surface area contributed by atoms with Crippen molar-refractivity contribution in [1.82, 2.24) is 5.32 Å². The Bertz CT molecular complexity index is 742. The van der Waals surface area contributed by atoms with Crippen LogP contribution >= 0.6 is 0 Å². The Morgan fingerprint density at radius 1 is 1.12 bits per heavy atom. The Hall–Kier alpha value is -2.66. The Morgan fingerprint density at radius 2 is 1.88 bits per heavy atom. The van der Waals surface area contributed by atoms with E-state index in [2.05, 4.69) is 10.6 Å². The lowest BCUT2D eigenvalue weighted by molar-refractivity contribution is -0.117. The fraction of sp³-hybridized carbons (Fsp3) is 0.300. The first kappa shape index (κ1) is 17.2. The van der Waals surface area contributed by atoms with Crippen LogP contribution in [0.2, 0.25) is 0 Å². The predicted octanol–water partition coefficient (Wildman–Crippen LogP) is 3.15. The van der Waals surface area contributed by atoms with Crippen LogP contribution in [0.25, 0.3) is 0 Å². The van der Waals surface area contributed by atoms with Crippen LogP contribution in [0.4, 0.5) is 5.69 Å². The van der Waals surface area contributed by atoms with Crippen LogP contribution in [0.3, 0.4) is 0 Å². The van der Waals surface area contributed by atoms with E-state index >= 15 is 0 Å². The molecule has 1 atom stereocenters. The molecule has 0 unspecified atom stereocenters. The van der Waals surface area contributed by atoms with Gasteiger partial charge in [-0.1, -0.05) is 36.4 Å². The predicted molar refractivity (Wildman–Crippen MR) is 96.3 cm³/mol. The Kier molecular flexibility index (Phi) is 5.46. The molecular weight excluding hydrogens is 316 g/mol. The zero-order valence-electron chi connectivity index (χ0n) is 14.2. The van der Waals surface area contributed by atoms with Gasteiger partial charge in [0.1, 0.15) is 0 Å². The van der Waals surface area contributed by atoms with E-state index in [0.29, 0.717) is 17.8 Å². The van der Waals surface area contributed by atoms with E-state index in [9.17, 15) is 9.59 Å². The van der Waals surface area contributed by atoms with E-state index in [1.165, 1.54) is 0 Å². The molecule has 0 spiro atoms. The summed E-state index contributed by atoms with van der Waals surface area (Å²) in [6.07, 6.45) is 1.69. The molecule has 0 bridgehead atoms. The summed E-state index contributed by atoms with van der Waals surface area (Å²) in [6.45, 7) is 0.373. The third-order valence-electron chi connectivity index (χ3n) is 4.24. The summed E-state index contributed by atoms with van der Waals surface area (Å²) < 4.78 is 5.46. The van der Waals surface area contributed by atoms with Gasteiger partial charge in [-0.2, -0.15) is 0 Å². The highest BCUT2D eigenvalue weighted by molar-refractivity contribution is 5.98. The van der Waals surface area contributed by atoms with Gasteiger partial charge in [-0.3, -0.25) is 9.59 Å². The first-order chi connectivity index (χ1) is 12.2. The van der Waals surface area contributed by atoms with Gasteiger partial charge in [0.15, 0.2) is 0 Å². The van der Waals surface area contributed by atoms with Crippen LogP contribution in [-0.4, -0.2) is 25.5 Å². The van der Waals surface area contributed by atoms with Crippen LogP contribution in [0, 0.1) is 5.92 Å². The quantitative estimate of drug-likeness (QED) is 0.815. The molecule has 0 heterocycles. The van der Waals surface area contributed by atoms with E-state index in [-0.39, 0.29) is 23.8 Å². The lowest BCUT2D eigenvalue weighted by atomic mass is 10.1. The molecule has 0 saturated heterocycles. The van der Waals surface area contributed by atoms with Gasteiger partial charge < -0.3 is 15.4 Å². The fourth-order valence-electron chi connectivity index (χ4n) is 2.62. The van der Waals surface area contributed by atoms with Gasteiger partial charge in [-0.15, -0.1) is 0 Å². The number of hydrogen-bond donors (Lipinski definition) is 2. The molecule has 2 amide bonds. The third-order valence-corrected chi connectivity index (χ3v) is 4.24. The van der Waals surface area contributed by atoms with Crippen LogP contribution in [0.5, 0.6) is 0 Å². The van der Waals surface area contributed by atoms with Crippen LogP contribution in [-0.2, 0) is 9.53 Å². The number of hydrogen-bond acceptors (Lipinski definition) is 3. The van der Waals surface area contributed by atoms with Crippen molar-refractivity contribution >= 4 is 17.5 Å². The van der Waals surface area contributed by atoms with Gasteiger partial charge in [-0.05, 0) is 36.6 Å². The number of methoxy groups -OCH3 is 1. The summed E-state index contributed by atoms with van der Waals surface area (Å²) in [5.41, 5.74) is 2.17. The van der Waals surface area contributed by atoms with Crippen molar-refractivity contribution in [2.24, 2.45) is 5.92 Å². The first-order valence-electron chi connectivity index (χ1n) is 8.44. The summed E-state index contributed by atoms with van der Waals surface area (Å²) in [7, 11) is 1.62. The second kappa shape index (κ2) is 7.94. The largest absolute Gasteiger partial charge is 0.375 e. The van der Waals surface area contributed by atoms with Crippen molar-refractivity contribution in [3.8, 4) is 0 Å². The number of carbonyl (C=O) groups excluding carboxylic acids is 2. The maximum absolute atomic E-state index is 12.4. The summed E-state index contributed by atoms with van der Waals surface area (Å²) in [5.74, 6) is -0.0348. The highest BCUT2D eigenvalue weighted by Crippen LogP contribution is 2.30. The minimum atomic E-state index is -0.206. The van der Waals surface area contributed by atoms with Gasteiger partial charge >= 0.3 is 0 Å². The third kappa shape index (κ3) is 4.67. The zero-order valence-corrected chi connectivity index (χ0v) is 14.2. The number of rotatable bonds is 7. The Balaban J connectivity index is 1.59. The van der Waals surface area contributed by atoms with Crippen molar-refractivity contribution in [1.29, 1.82) is 0 Å². The molecule has 1 aliphatic rings. The molecule has 5 heteroatoms. The van der Waals surface area contributed by atoms with E-state index in [4.69, 9.17) is 4.74 Å². The van der Waals surface area contributed by atoms with Crippen LogP contribution < -0.4 is 10.6 Å². The van der Waals surface area contributed by atoms with E-state index in [0.717, 1.165) is 18.4 Å². The average Bonchev–Trinajstić information content (AvgIpc) is 3.48. The lowest BCUT2D eigenvalue weighted by Crippen LogP contribution is -2.29. The average molecular weight is 338 g/mol. The molecule has 0 radical (unpaired) electrons. The maximum Gasteiger partial charge on any atom is 0.251 e.